The van der Waals surface area contributed by atoms with E-state index in [-0.39, 0.29) is 23.3 Å². The predicted molar refractivity (Wildman–Crippen MR) is 115 cm³/mol. The first-order valence-electron chi connectivity index (χ1n) is 10.2. The lowest BCUT2D eigenvalue weighted by Gasteiger charge is -2.32. The van der Waals surface area contributed by atoms with Crippen molar-refractivity contribution in [3.8, 4) is 5.69 Å². The summed E-state index contributed by atoms with van der Waals surface area (Å²) in [5.41, 5.74) is 7.78. The maximum Gasteiger partial charge on any atom is 0.269 e. The summed E-state index contributed by atoms with van der Waals surface area (Å²) < 4.78 is 15.0. The average molecular weight is 421 g/mol. The van der Waals surface area contributed by atoms with E-state index in [2.05, 4.69) is 15.3 Å². The second kappa shape index (κ2) is 9.09. The lowest BCUT2D eigenvalue weighted by molar-refractivity contribution is -0.121. The van der Waals surface area contributed by atoms with Gasteiger partial charge in [-0.3, -0.25) is 14.5 Å². The highest BCUT2D eigenvalue weighted by atomic mass is 19.1. The molecule has 1 aromatic heterocycles. The highest BCUT2D eigenvalue weighted by Gasteiger charge is 2.26. The Morgan fingerprint density at radius 1 is 1.16 bits per heavy atom. The van der Waals surface area contributed by atoms with Gasteiger partial charge in [0.15, 0.2) is 0 Å². The summed E-state index contributed by atoms with van der Waals surface area (Å²) in [6.45, 7) is 2.17. The number of carbonyl (C=O) groups excluding carboxylic acids is 2. The number of halogens is 1. The molecule has 160 valence electrons. The van der Waals surface area contributed by atoms with Gasteiger partial charge < -0.3 is 11.1 Å². The van der Waals surface area contributed by atoms with E-state index in [1.807, 2.05) is 18.2 Å². The summed E-state index contributed by atoms with van der Waals surface area (Å²) in [6.07, 6.45) is 3.41. The number of nitrogens with zero attached hydrogens (tertiary/aromatic N) is 3. The number of piperidine rings is 1. The molecule has 0 spiro atoms. The number of aromatic nitrogens is 2. The van der Waals surface area contributed by atoms with Gasteiger partial charge >= 0.3 is 0 Å². The third-order valence-corrected chi connectivity index (χ3v) is 5.41. The van der Waals surface area contributed by atoms with E-state index < -0.39 is 5.91 Å². The summed E-state index contributed by atoms with van der Waals surface area (Å²) in [7, 11) is 0. The summed E-state index contributed by atoms with van der Waals surface area (Å²) in [4.78, 5) is 26.2. The van der Waals surface area contributed by atoms with E-state index in [1.54, 1.807) is 35.1 Å². The molecule has 1 saturated heterocycles. The number of nitrogens with two attached hydrogens (primary N) is 1. The van der Waals surface area contributed by atoms with Crippen LogP contribution in [-0.2, 0) is 11.3 Å². The van der Waals surface area contributed by atoms with Gasteiger partial charge in [-0.05, 0) is 67.4 Å². The lowest BCUT2D eigenvalue weighted by Crippen LogP contribution is -2.40. The molecule has 0 saturated carbocycles. The van der Waals surface area contributed by atoms with Gasteiger partial charge in [0.25, 0.3) is 5.91 Å². The van der Waals surface area contributed by atoms with E-state index in [9.17, 15) is 14.0 Å². The fourth-order valence-electron chi connectivity index (χ4n) is 3.85. The smallest absolute Gasteiger partial charge is 0.269 e. The van der Waals surface area contributed by atoms with Gasteiger partial charge in [0.2, 0.25) is 5.91 Å². The van der Waals surface area contributed by atoms with E-state index in [0.29, 0.717) is 18.8 Å². The SMILES string of the molecule is NC(=O)c1ccn(-c2ccc(NC(=O)C3CCCN(Cc4cccc(F)c4)C3)cc2)n1. The molecule has 1 fully saturated rings. The second-order valence-electron chi connectivity index (χ2n) is 7.75. The topological polar surface area (TPSA) is 93.2 Å². The Morgan fingerprint density at radius 2 is 1.97 bits per heavy atom. The summed E-state index contributed by atoms with van der Waals surface area (Å²) in [6, 6.07) is 15.4. The highest BCUT2D eigenvalue weighted by Crippen LogP contribution is 2.21. The van der Waals surface area contributed by atoms with Crippen molar-refractivity contribution in [3.05, 3.63) is 77.9 Å². The number of rotatable bonds is 6. The molecule has 1 atom stereocenters. The molecule has 2 amide bonds. The third-order valence-electron chi connectivity index (χ3n) is 5.41. The number of anilines is 1. The van der Waals surface area contributed by atoms with Crippen molar-refractivity contribution < 1.29 is 14.0 Å². The van der Waals surface area contributed by atoms with E-state index in [1.165, 1.54) is 12.1 Å². The molecule has 2 aromatic carbocycles. The number of benzene rings is 2. The molecule has 2 heterocycles. The minimum absolute atomic E-state index is 0.0215. The summed E-state index contributed by atoms with van der Waals surface area (Å²) in [5, 5.41) is 7.10. The second-order valence-corrected chi connectivity index (χ2v) is 7.75. The van der Waals surface area contributed by atoms with Gasteiger partial charge in [-0.25, -0.2) is 9.07 Å². The fraction of sp³-hybridized carbons (Fsp3) is 0.261. The van der Waals surface area contributed by atoms with Crippen LogP contribution in [0, 0.1) is 11.7 Å². The molecular weight excluding hydrogens is 397 g/mol. The van der Waals surface area contributed by atoms with Crippen LogP contribution in [0.25, 0.3) is 5.69 Å². The van der Waals surface area contributed by atoms with Crippen molar-refractivity contribution in [2.24, 2.45) is 11.7 Å². The van der Waals surface area contributed by atoms with Crippen molar-refractivity contribution in [1.29, 1.82) is 0 Å². The minimum atomic E-state index is -0.582. The van der Waals surface area contributed by atoms with Crippen molar-refractivity contribution >= 4 is 17.5 Å². The largest absolute Gasteiger partial charge is 0.364 e. The van der Waals surface area contributed by atoms with Gasteiger partial charge in [-0.15, -0.1) is 0 Å². The monoisotopic (exact) mass is 421 g/mol. The molecule has 4 rings (SSSR count). The van der Waals surface area contributed by atoms with Gasteiger partial charge in [0.1, 0.15) is 11.5 Å². The summed E-state index contributed by atoms with van der Waals surface area (Å²) in [5.74, 6) is -0.965. The third kappa shape index (κ3) is 5.16. The number of hydrogen-bond donors (Lipinski definition) is 2. The summed E-state index contributed by atoms with van der Waals surface area (Å²) >= 11 is 0. The Kier molecular flexibility index (Phi) is 6.08. The number of hydrogen-bond acceptors (Lipinski definition) is 4. The molecule has 31 heavy (non-hydrogen) atoms. The number of primary amides is 1. The molecule has 0 bridgehead atoms. The highest BCUT2D eigenvalue weighted by molar-refractivity contribution is 5.93. The van der Waals surface area contributed by atoms with Gasteiger partial charge in [-0.1, -0.05) is 12.1 Å². The fourth-order valence-corrected chi connectivity index (χ4v) is 3.85. The molecule has 0 aliphatic carbocycles. The molecular formula is C23H24FN5O2. The molecule has 7 nitrogen and oxygen atoms in total. The van der Waals surface area contributed by atoms with Crippen LogP contribution in [0.4, 0.5) is 10.1 Å². The minimum Gasteiger partial charge on any atom is -0.364 e. The quantitative estimate of drug-likeness (QED) is 0.640. The van der Waals surface area contributed by atoms with Gasteiger partial charge in [0.05, 0.1) is 11.6 Å². The molecule has 1 aliphatic heterocycles. The Bertz CT molecular complexity index is 1080. The van der Waals surface area contributed by atoms with Crippen molar-refractivity contribution in [3.63, 3.8) is 0 Å². The maximum absolute atomic E-state index is 13.4. The van der Waals surface area contributed by atoms with Crippen molar-refractivity contribution in [2.75, 3.05) is 18.4 Å². The molecule has 1 unspecified atom stereocenters. The van der Waals surface area contributed by atoms with Crippen molar-refractivity contribution in [1.82, 2.24) is 14.7 Å². The number of carbonyl (C=O) groups is 2. The Hall–Kier alpha value is -3.52. The van der Waals surface area contributed by atoms with Gasteiger partial charge in [-0.2, -0.15) is 5.10 Å². The standard InChI is InChI=1S/C23H24FN5O2/c24-18-5-1-3-16(13-18)14-28-11-2-4-17(15-28)23(31)26-19-6-8-20(9-7-19)29-12-10-21(27-29)22(25)30/h1,3,5-10,12-13,17H,2,4,11,14-15H2,(H2,25,30)(H,26,31). The normalized spacial score (nSPS) is 16.7. The van der Waals surface area contributed by atoms with E-state index in [0.717, 1.165) is 30.6 Å². The first-order chi connectivity index (χ1) is 15.0. The first-order valence-corrected chi connectivity index (χ1v) is 10.2. The van der Waals surface area contributed by atoms with Crippen molar-refractivity contribution in [2.45, 2.75) is 19.4 Å². The van der Waals surface area contributed by atoms with Crippen LogP contribution in [0.1, 0.15) is 28.9 Å². The zero-order valence-corrected chi connectivity index (χ0v) is 17.0. The zero-order valence-electron chi connectivity index (χ0n) is 17.0. The number of likely N-dealkylation sites (tertiary alicyclic amines) is 1. The number of nitrogens with one attached hydrogen (secondary N) is 1. The van der Waals surface area contributed by atoms with Crippen LogP contribution < -0.4 is 11.1 Å². The Labute approximate surface area is 179 Å². The lowest BCUT2D eigenvalue weighted by atomic mass is 9.96. The van der Waals surface area contributed by atoms with E-state index >= 15 is 0 Å². The van der Waals surface area contributed by atoms with Gasteiger partial charge in [0, 0.05) is 25.0 Å². The predicted octanol–water partition coefficient (Wildman–Crippen LogP) is 2.96. The van der Waals surface area contributed by atoms with E-state index in [4.69, 9.17) is 5.73 Å². The van der Waals surface area contributed by atoms with Crippen LogP contribution in [0.3, 0.4) is 0 Å². The molecule has 3 N–H and O–H groups in total. The molecule has 1 aliphatic rings. The molecule has 3 aromatic rings. The van der Waals surface area contributed by atoms with Crippen LogP contribution in [-0.4, -0.2) is 39.6 Å². The molecule has 0 radical (unpaired) electrons. The van der Waals surface area contributed by atoms with Crippen LogP contribution in [0.15, 0.2) is 60.8 Å². The van der Waals surface area contributed by atoms with Crippen LogP contribution >= 0.6 is 0 Å². The van der Waals surface area contributed by atoms with Crippen LogP contribution in [0.2, 0.25) is 0 Å². The zero-order chi connectivity index (χ0) is 21.8. The first kappa shape index (κ1) is 20.7. The maximum atomic E-state index is 13.4. The Balaban J connectivity index is 1.35. The Morgan fingerprint density at radius 3 is 2.68 bits per heavy atom. The van der Waals surface area contributed by atoms with Crippen LogP contribution in [0.5, 0.6) is 0 Å². The average Bonchev–Trinajstić information content (AvgIpc) is 3.25. The molecule has 8 heteroatoms. The number of amides is 2.